The van der Waals surface area contributed by atoms with E-state index in [1.807, 2.05) is 18.2 Å². The van der Waals surface area contributed by atoms with Gasteiger partial charge in [0.1, 0.15) is 23.8 Å². The van der Waals surface area contributed by atoms with Crippen LogP contribution in [0.3, 0.4) is 0 Å². The Kier molecular flexibility index (Phi) is 6.77. The highest BCUT2D eigenvalue weighted by Gasteiger charge is 2.01. The second-order valence-electron chi connectivity index (χ2n) is 5.01. The lowest BCUT2D eigenvalue weighted by Gasteiger charge is -2.09. The molecule has 0 aliphatic heterocycles. The molecule has 7 nitrogen and oxygen atoms in total. The van der Waals surface area contributed by atoms with E-state index in [0.29, 0.717) is 31.1 Å². The molecule has 1 amide bonds. The molecule has 2 aromatic heterocycles. The third kappa shape index (κ3) is 6.29. The molecule has 0 bridgehead atoms. The van der Waals surface area contributed by atoms with Crippen molar-refractivity contribution in [2.24, 2.45) is 0 Å². The van der Waals surface area contributed by atoms with Crippen molar-refractivity contribution in [1.82, 2.24) is 20.3 Å². The number of nitrogens with one attached hydrogen (secondary N) is 3. The number of carbonyl (C=O) groups excluding carboxylic acids is 1. The lowest BCUT2D eigenvalue weighted by molar-refractivity contribution is -0.121. The fourth-order valence-electron chi connectivity index (χ4n) is 1.91. The first kappa shape index (κ1) is 16.7. The fourth-order valence-corrected chi connectivity index (χ4v) is 1.91. The quantitative estimate of drug-likeness (QED) is 0.615. The summed E-state index contributed by atoms with van der Waals surface area (Å²) in [5.41, 5.74) is 0. The zero-order valence-corrected chi connectivity index (χ0v) is 13.2. The van der Waals surface area contributed by atoms with Crippen molar-refractivity contribution in [3.63, 3.8) is 0 Å². The van der Waals surface area contributed by atoms with Crippen LogP contribution in [0.25, 0.3) is 0 Å². The first-order valence-corrected chi connectivity index (χ1v) is 7.78. The molecular formula is C16H22N6O. The van der Waals surface area contributed by atoms with E-state index in [1.54, 1.807) is 12.3 Å². The van der Waals surface area contributed by atoms with Gasteiger partial charge in [-0.15, -0.1) is 0 Å². The van der Waals surface area contributed by atoms with Crippen LogP contribution in [0.1, 0.15) is 26.2 Å². The van der Waals surface area contributed by atoms with Crippen LogP contribution >= 0.6 is 0 Å². The Morgan fingerprint density at radius 2 is 1.96 bits per heavy atom. The van der Waals surface area contributed by atoms with Crippen molar-refractivity contribution in [1.29, 1.82) is 0 Å². The Labute approximate surface area is 136 Å². The van der Waals surface area contributed by atoms with Gasteiger partial charge in [0.05, 0.1) is 0 Å². The van der Waals surface area contributed by atoms with Crippen molar-refractivity contribution < 1.29 is 4.79 Å². The molecule has 122 valence electrons. The molecule has 0 saturated heterocycles. The molecular weight excluding hydrogens is 292 g/mol. The summed E-state index contributed by atoms with van der Waals surface area (Å²) in [7, 11) is 0. The van der Waals surface area contributed by atoms with Crippen molar-refractivity contribution in [2.75, 3.05) is 23.7 Å². The molecule has 2 aromatic rings. The number of carbonyl (C=O) groups is 1. The lowest BCUT2D eigenvalue weighted by atomic mass is 10.2. The monoisotopic (exact) mass is 314 g/mol. The van der Waals surface area contributed by atoms with E-state index >= 15 is 0 Å². The topological polar surface area (TPSA) is 91.8 Å². The van der Waals surface area contributed by atoms with Crippen molar-refractivity contribution in [3.8, 4) is 0 Å². The average molecular weight is 314 g/mol. The number of rotatable bonds is 9. The predicted molar refractivity (Wildman–Crippen MR) is 90.6 cm³/mol. The third-order valence-corrected chi connectivity index (χ3v) is 3.10. The number of aromatic nitrogens is 3. The molecule has 0 radical (unpaired) electrons. The first-order chi connectivity index (χ1) is 11.3. The number of nitrogens with zero attached hydrogens (tertiary/aromatic N) is 3. The second-order valence-corrected chi connectivity index (χ2v) is 5.01. The molecule has 0 saturated carbocycles. The SMILES string of the molecule is CCCCC(=O)NCCNc1cc(Nc2ccccn2)ncn1. The van der Waals surface area contributed by atoms with E-state index in [0.717, 1.165) is 18.7 Å². The lowest BCUT2D eigenvalue weighted by Crippen LogP contribution is -2.28. The van der Waals surface area contributed by atoms with E-state index in [-0.39, 0.29) is 5.91 Å². The van der Waals surface area contributed by atoms with Crippen molar-refractivity contribution >= 4 is 23.4 Å². The molecule has 0 aromatic carbocycles. The highest BCUT2D eigenvalue weighted by molar-refractivity contribution is 5.75. The minimum absolute atomic E-state index is 0.0915. The maximum atomic E-state index is 11.5. The van der Waals surface area contributed by atoms with Crippen LogP contribution in [0, 0.1) is 0 Å². The zero-order chi connectivity index (χ0) is 16.3. The minimum atomic E-state index is 0.0915. The van der Waals surface area contributed by atoms with E-state index in [9.17, 15) is 4.79 Å². The highest BCUT2D eigenvalue weighted by Crippen LogP contribution is 2.13. The Bertz CT molecular complexity index is 605. The average Bonchev–Trinajstić information content (AvgIpc) is 2.58. The van der Waals surface area contributed by atoms with Gasteiger partial charge in [-0.1, -0.05) is 19.4 Å². The first-order valence-electron chi connectivity index (χ1n) is 7.78. The van der Waals surface area contributed by atoms with Gasteiger partial charge in [0, 0.05) is 31.8 Å². The standard InChI is InChI=1S/C16H22N6O/c1-2-3-7-16(23)19-10-9-18-14-11-15(21-12-20-14)22-13-6-4-5-8-17-13/h4-6,8,11-12H,2-3,7,9-10H2,1H3,(H,19,23)(H2,17,18,20,21,22). The number of unbranched alkanes of at least 4 members (excludes halogenated alkanes) is 1. The predicted octanol–water partition coefficient (Wildman–Crippen LogP) is 2.33. The largest absolute Gasteiger partial charge is 0.368 e. The van der Waals surface area contributed by atoms with Crippen LogP contribution in [-0.2, 0) is 4.79 Å². The van der Waals surface area contributed by atoms with Gasteiger partial charge in [0.15, 0.2) is 0 Å². The Morgan fingerprint density at radius 3 is 2.74 bits per heavy atom. The number of pyridine rings is 1. The third-order valence-electron chi connectivity index (χ3n) is 3.10. The highest BCUT2D eigenvalue weighted by atomic mass is 16.1. The van der Waals surface area contributed by atoms with Gasteiger partial charge < -0.3 is 16.0 Å². The Hall–Kier alpha value is -2.70. The zero-order valence-electron chi connectivity index (χ0n) is 13.2. The maximum absolute atomic E-state index is 11.5. The van der Waals surface area contributed by atoms with Gasteiger partial charge in [-0.05, 0) is 18.6 Å². The normalized spacial score (nSPS) is 10.1. The van der Waals surface area contributed by atoms with E-state index in [2.05, 4.69) is 37.8 Å². The van der Waals surface area contributed by atoms with Crippen LogP contribution in [-0.4, -0.2) is 33.9 Å². The molecule has 0 spiro atoms. The molecule has 0 atom stereocenters. The van der Waals surface area contributed by atoms with Gasteiger partial charge in [-0.2, -0.15) is 0 Å². The van der Waals surface area contributed by atoms with Crippen LogP contribution in [0.15, 0.2) is 36.8 Å². The van der Waals surface area contributed by atoms with E-state index in [4.69, 9.17) is 0 Å². The van der Waals surface area contributed by atoms with Gasteiger partial charge >= 0.3 is 0 Å². The van der Waals surface area contributed by atoms with Crippen LogP contribution in [0.5, 0.6) is 0 Å². The fraction of sp³-hybridized carbons (Fsp3) is 0.375. The molecule has 3 N–H and O–H groups in total. The van der Waals surface area contributed by atoms with Gasteiger partial charge in [-0.3, -0.25) is 4.79 Å². The number of anilines is 3. The molecule has 2 heterocycles. The smallest absolute Gasteiger partial charge is 0.220 e. The Balaban J connectivity index is 1.76. The Morgan fingerprint density at radius 1 is 1.09 bits per heavy atom. The summed E-state index contributed by atoms with van der Waals surface area (Å²) < 4.78 is 0. The summed E-state index contributed by atoms with van der Waals surface area (Å²) >= 11 is 0. The molecule has 0 aliphatic carbocycles. The molecule has 2 rings (SSSR count). The van der Waals surface area contributed by atoms with Crippen LogP contribution in [0.4, 0.5) is 17.5 Å². The van der Waals surface area contributed by atoms with Gasteiger partial charge in [0.2, 0.25) is 5.91 Å². The van der Waals surface area contributed by atoms with E-state index in [1.165, 1.54) is 6.33 Å². The number of amides is 1. The van der Waals surface area contributed by atoms with E-state index < -0.39 is 0 Å². The number of hydrogen-bond acceptors (Lipinski definition) is 6. The van der Waals surface area contributed by atoms with Crippen LogP contribution < -0.4 is 16.0 Å². The van der Waals surface area contributed by atoms with Crippen molar-refractivity contribution in [2.45, 2.75) is 26.2 Å². The molecule has 7 heteroatoms. The summed E-state index contributed by atoms with van der Waals surface area (Å²) in [6, 6.07) is 7.42. The minimum Gasteiger partial charge on any atom is -0.368 e. The summed E-state index contributed by atoms with van der Waals surface area (Å²) in [4.78, 5) is 24.0. The van der Waals surface area contributed by atoms with Gasteiger partial charge in [-0.25, -0.2) is 15.0 Å². The summed E-state index contributed by atoms with van der Waals surface area (Å²) in [6.45, 7) is 3.24. The molecule has 0 unspecified atom stereocenters. The second kappa shape index (κ2) is 9.34. The molecule has 23 heavy (non-hydrogen) atoms. The van der Waals surface area contributed by atoms with Crippen LogP contribution in [0.2, 0.25) is 0 Å². The molecule has 0 aliphatic rings. The summed E-state index contributed by atoms with van der Waals surface area (Å²) in [5, 5.41) is 9.13. The van der Waals surface area contributed by atoms with Gasteiger partial charge in [0.25, 0.3) is 0 Å². The van der Waals surface area contributed by atoms with Crippen molar-refractivity contribution in [3.05, 3.63) is 36.8 Å². The summed E-state index contributed by atoms with van der Waals surface area (Å²) in [5.74, 6) is 2.17. The number of hydrogen-bond donors (Lipinski definition) is 3. The molecule has 0 fully saturated rings. The summed E-state index contributed by atoms with van der Waals surface area (Å²) in [6.07, 6.45) is 5.73. The maximum Gasteiger partial charge on any atom is 0.220 e.